The van der Waals surface area contributed by atoms with Crippen LogP contribution in [0.4, 0.5) is 0 Å². The van der Waals surface area contributed by atoms with Crippen LogP contribution < -0.4 is 0 Å². The van der Waals surface area contributed by atoms with Gasteiger partial charge in [-0.3, -0.25) is 0 Å². The predicted molar refractivity (Wildman–Crippen MR) is 88.8 cm³/mol. The van der Waals surface area contributed by atoms with Crippen LogP contribution in [0.2, 0.25) is 0 Å². The summed E-state index contributed by atoms with van der Waals surface area (Å²) in [7, 11) is 0. The summed E-state index contributed by atoms with van der Waals surface area (Å²) in [5.41, 5.74) is 1.31. The van der Waals surface area contributed by atoms with Crippen LogP contribution >= 0.6 is 0 Å². The summed E-state index contributed by atoms with van der Waals surface area (Å²) < 4.78 is 13.1. The molecule has 0 radical (unpaired) electrons. The van der Waals surface area contributed by atoms with E-state index in [4.69, 9.17) is 9.47 Å². The molecule has 0 spiro atoms. The van der Waals surface area contributed by atoms with Crippen LogP contribution in [0.3, 0.4) is 0 Å². The minimum absolute atomic E-state index is 0.0281. The molecule has 5 heteroatoms. The minimum atomic E-state index is -0.330. The molecule has 1 aromatic heterocycles. The Morgan fingerprint density at radius 1 is 1.42 bits per heavy atom. The Morgan fingerprint density at radius 3 is 2.79 bits per heavy atom. The lowest BCUT2D eigenvalue weighted by atomic mass is 9.76. The van der Waals surface area contributed by atoms with Crippen molar-refractivity contribution < 1.29 is 14.3 Å². The number of carbonyl (C=O) groups is 1. The van der Waals surface area contributed by atoms with Gasteiger partial charge in [-0.15, -0.1) is 0 Å². The first-order valence-electron chi connectivity index (χ1n) is 8.59. The summed E-state index contributed by atoms with van der Waals surface area (Å²) >= 11 is 0. The quantitative estimate of drug-likeness (QED) is 0.603. The monoisotopic (exact) mass is 326 g/mol. The van der Waals surface area contributed by atoms with Crippen molar-refractivity contribution in [1.29, 1.82) is 0 Å². The lowest BCUT2D eigenvalue weighted by molar-refractivity contribution is -0.0711. The number of ether oxygens (including phenoxy) is 2. The minimum Gasteiger partial charge on any atom is -0.454 e. The molecular formula is C19H22N2O3. The number of carbonyl (C=O) groups excluding carboxylic acids is 1. The van der Waals surface area contributed by atoms with Gasteiger partial charge >= 0.3 is 5.97 Å². The van der Waals surface area contributed by atoms with E-state index in [9.17, 15) is 4.79 Å². The van der Waals surface area contributed by atoms with Gasteiger partial charge in [-0.05, 0) is 31.7 Å². The molecule has 2 atom stereocenters. The normalized spacial score (nSPS) is 22.5. The van der Waals surface area contributed by atoms with Crippen molar-refractivity contribution in [3.63, 3.8) is 0 Å². The maximum Gasteiger partial charge on any atom is 0.357 e. The standard InChI is InChI=1S/C19H22N2O3/c1-14(15-6-3-2-4-7-15)21-13-20-11-17(21)18(22)24-19(8-5-9-19)10-16-12-23-16/h2-4,6-7,11,13-14,16H,5,8-10,12H2,1H3. The fourth-order valence-electron chi connectivity index (χ4n) is 3.43. The maximum absolute atomic E-state index is 12.7. The highest BCUT2D eigenvalue weighted by atomic mass is 16.6. The Hall–Kier alpha value is -2.14. The SMILES string of the molecule is CC(c1ccccc1)n1cncc1C(=O)OC1(CC2CO2)CCC1. The molecular weight excluding hydrogens is 304 g/mol. The lowest BCUT2D eigenvalue weighted by Gasteiger charge is -2.40. The van der Waals surface area contributed by atoms with Gasteiger partial charge in [-0.1, -0.05) is 30.3 Å². The Morgan fingerprint density at radius 2 is 2.17 bits per heavy atom. The zero-order valence-electron chi connectivity index (χ0n) is 13.9. The molecule has 1 saturated heterocycles. The molecule has 1 aromatic carbocycles. The summed E-state index contributed by atoms with van der Waals surface area (Å²) in [6, 6.07) is 10.1. The summed E-state index contributed by atoms with van der Waals surface area (Å²) in [6.07, 6.45) is 7.36. The van der Waals surface area contributed by atoms with Gasteiger partial charge in [-0.25, -0.2) is 9.78 Å². The number of imidazole rings is 1. The molecule has 2 fully saturated rings. The molecule has 5 nitrogen and oxygen atoms in total. The van der Waals surface area contributed by atoms with Gasteiger partial charge < -0.3 is 14.0 Å². The third kappa shape index (κ3) is 2.96. The second-order valence-corrected chi connectivity index (χ2v) is 6.86. The van der Waals surface area contributed by atoms with Gasteiger partial charge in [0.2, 0.25) is 0 Å². The second kappa shape index (κ2) is 6.06. The molecule has 4 rings (SSSR count). The molecule has 0 amide bonds. The van der Waals surface area contributed by atoms with E-state index in [-0.39, 0.29) is 23.7 Å². The van der Waals surface area contributed by atoms with Gasteiger partial charge in [0.25, 0.3) is 0 Å². The van der Waals surface area contributed by atoms with E-state index in [1.807, 2.05) is 22.8 Å². The first kappa shape index (κ1) is 15.4. The van der Waals surface area contributed by atoms with Crippen LogP contribution in [-0.2, 0) is 9.47 Å². The Kier molecular flexibility index (Phi) is 3.88. The fraction of sp³-hybridized carbons (Fsp3) is 0.474. The van der Waals surface area contributed by atoms with Crippen molar-refractivity contribution in [2.75, 3.05) is 6.61 Å². The van der Waals surface area contributed by atoms with Crippen LogP contribution in [0.1, 0.15) is 54.7 Å². The van der Waals surface area contributed by atoms with Crippen LogP contribution in [0.25, 0.3) is 0 Å². The Labute approximate surface area is 141 Å². The zero-order chi connectivity index (χ0) is 16.6. The summed E-state index contributed by atoms with van der Waals surface area (Å²) in [5, 5.41) is 0. The average Bonchev–Trinajstić information content (AvgIpc) is 3.24. The highest BCUT2D eigenvalue weighted by molar-refractivity contribution is 5.87. The van der Waals surface area contributed by atoms with Crippen molar-refractivity contribution in [3.8, 4) is 0 Å². The number of nitrogens with zero attached hydrogens (tertiary/aromatic N) is 2. The molecule has 0 bridgehead atoms. The molecule has 0 N–H and O–H groups in total. The lowest BCUT2D eigenvalue weighted by Crippen LogP contribution is -2.43. The smallest absolute Gasteiger partial charge is 0.357 e. The van der Waals surface area contributed by atoms with Gasteiger partial charge in [-0.2, -0.15) is 0 Å². The largest absolute Gasteiger partial charge is 0.454 e. The van der Waals surface area contributed by atoms with Gasteiger partial charge in [0.1, 0.15) is 11.3 Å². The number of rotatable bonds is 6. The molecule has 1 saturated carbocycles. The van der Waals surface area contributed by atoms with Crippen LogP contribution in [0.5, 0.6) is 0 Å². The van der Waals surface area contributed by atoms with Gasteiger partial charge in [0.15, 0.2) is 0 Å². The van der Waals surface area contributed by atoms with Crippen LogP contribution in [0.15, 0.2) is 42.9 Å². The fourth-order valence-corrected chi connectivity index (χ4v) is 3.43. The molecule has 1 aliphatic heterocycles. The van der Waals surface area contributed by atoms with Crippen molar-refractivity contribution >= 4 is 5.97 Å². The van der Waals surface area contributed by atoms with Crippen molar-refractivity contribution in [1.82, 2.24) is 9.55 Å². The topological polar surface area (TPSA) is 56.7 Å². The number of esters is 1. The van der Waals surface area contributed by atoms with Gasteiger partial charge in [0.05, 0.1) is 31.3 Å². The third-order valence-corrected chi connectivity index (χ3v) is 5.15. The van der Waals surface area contributed by atoms with Gasteiger partial charge in [0, 0.05) is 6.42 Å². The molecule has 1 aliphatic carbocycles. The third-order valence-electron chi connectivity index (χ3n) is 5.15. The molecule has 2 aliphatic rings. The number of epoxide rings is 1. The summed E-state index contributed by atoms with van der Waals surface area (Å²) in [5.74, 6) is -0.282. The first-order chi connectivity index (χ1) is 11.7. The molecule has 2 unspecified atom stereocenters. The Bertz CT molecular complexity index is 717. The number of benzene rings is 1. The number of aromatic nitrogens is 2. The van der Waals surface area contributed by atoms with Crippen molar-refractivity contribution in [2.45, 2.75) is 50.4 Å². The average molecular weight is 326 g/mol. The number of hydrogen-bond donors (Lipinski definition) is 0. The Balaban J connectivity index is 1.52. The molecule has 2 aromatic rings. The van der Waals surface area contributed by atoms with Crippen molar-refractivity contribution in [2.24, 2.45) is 0 Å². The van der Waals surface area contributed by atoms with E-state index < -0.39 is 0 Å². The summed E-state index contributed by atoms with van der Waals surface area (Å²) in [6.45, 7) is 2.85. The highest BCUT2D eigenvalue weighted by Gasteiger charge is 2.46. The van der Waals surface area contributed by atoms with Crippen molar-refractivity contribution in [3.05, 3.63) is 54.1 Å². The van der Waals surface area contributed by atoms with E-state index in [1.165, 1.54) is 0 Å². The zero-order valence-corrected chi connectivity index (χ0v) is 13.9. The predicted octanol–water partition coefficient (Wildman–Crippen LogP) is 3.36. The van der Waals surface area contributed by atoms with E-state index >= 15 is 0 Å². The maximum atomic E-state index is 12.7. The van der Waals surface area contributed by atoms with E-state index in [2.05, 4.69) is 24.0 Å². The van der Waals surface area contributed by atoms with E-state index in [0.29, 0.717) is 5.69 Å². The molecule has 2 heterocycles. The van der Waals surface area contributed by atoms with Crippen LogP contribution in [-0.4, -0.2) is 33.8 Å². The van der Waals surface area contributed by atoms with E-state index in [1.54, 1.807) is 12.5 Å². The number of hydrogen-bond acceptors (Lipinski definition) is 4. The van der Waals surface area contributed by atoms with E-state index in [0.717, 1.165) is 37.9 Å². The molecule has 24 heavy (non-hydrogen) atoms. The molecule has 126 valence electrons. The highest BCUT2D eigenvalue weighted by Crippen LogP contribution is 2.42. The first-order valence-corrected chi connectivity index (χ1v) is 8.59. The second-order valence-electron chi connectivity index (χ2n) is 6.86. The van der Waals surface area contributed by atoms with Crippen LogP contribution in [0, 0.1) is 0 Å². The summed E-state index contributed by atoms with van der Waals surface area (Å²) in [4.78, 5) is 16.9.